The summed E-state index contributed by atoms with van der Waals surface area (Å²) in [5.41, 5.74) is 1.12. The summed E-state index contributed by atoms with van der Waals surface area (Å²) in [6, 6.07) is 14.9. The molecular formula is C32H26F5N3O4. The zero-order chi connectivity index (χ0) is 31.0. The Morgan fingerprint density at radius 3 is 2.32 bits per heavy atom. The van der Waals surface area contributed by atoms with E-state index in [0.29, 0.717) is 35.8 Å². The van der Waals surface area contributed by atoms with Gasteiger partial charge in [0.05, 0.1) is 23.9 Å². The van der Waals surface area contributed by atoms with Crippen molar-refractivity contribution in [3.63, 3.8) is 0 Å². The smallest absolute Gasteiger partial charge is 0.263 e. The summed E-state index contributed by atoms with van der Waals surface area (Å²) in [6.07, 6.45) is -3.97. The molecule has 12 heteroatoms. The molecule has 6 rings (SSSR count). The van der Waals surface area contributed by atoms with E-state index < -0.39 is 35.7 Å². The minimum absolute atomic E-state index is 0.0243. The third-order valence-corrected chi connectivity index (χ3v) is 7.51. The molecule has 2 N–H and O–H groups in total. The number of alkyl halides is 2. The molecule has 1 aliphatic heterocycles. The van der Waals surface area contributed by atoms with E-state index in [1.165, 1.54) is 24.3 Å². The maximum Gasteiger partial charge on any atom is 0.263 e. The molecule has 7 nitrogen and oxygen atoms in total. The molecule has 1 atom stereocenters. The predicted octanol–water partition coefficient (Wildman–Crippen LogP) is 6.40. The van der Waals surface area contributed by atoms with Crippen molar-refractivity contribution in [3.05, 3.63) is 112 Å². The summed E-state index contributed by atoms with van der Waals surface area (Å²) in [4.78, 5) is 8.80. The van der Waals surface area contributed by atoms with Gasteiger partial charge in [0, 0.05) is 41.3 Å². The second-order valence-electron chi connectivity index (χ2n) is 10.4. The van der Waals surface area contributed by atoms with Gasteiger partial charge in [-0.25, -0.2) is 31.9 Å². The lowest BCUT2D eigenvalue weighted by Gasteiger charge is -2.27. The van der Waals surface area contributed by atoms with Crippen LogP contribution in [0.4, 0.5) is 22.0 Å². The van der Waals surface area contributed by atoms with E-state index in [2.05, 4.69) is 9.97 Å². The number of aliphatic hydroxyl groups is 2. The zero-order valence-electron chi connectivity index (χ0n) is 23.1. The van der Waals surface area contributed by atoms with Crippen molar-refractivity contribution in [2.75, 3.05) is 6.61 Å². The van der Waals surface area contributed by atoms with Crippen LogP contribution in [0.1, 0.15) is 47.2 Å². The molecule has 5 aromatic rings. The number of hydrogen-bond donors (Lipinski definition) is 2. The number of fused-ring (bicyclic) bond motifs is 1. The molecule has 0 bridgehead atoms. The number of ether oxygens (including phenoxy) is 2. The van der Waals surface area contributed by atoms with Gasteiger partial charge in [0.1, 0.15) is 29.6 Å². The molecule has 0 radical (unpaired) electrons. The molecule has 228 valence electrons. The molecule has 3 heterocycles. The van der Waals surface area contributed by atoms with Crippen molar-refractivity contribution in [2.24, 2.45) is 0 Å². The lowest BCUT2D eigenvalue weighted by atomic mass is 10.1. The van der Waals surface area contributed by atoms with Crippen LogP contribution in [0.2, 0.25) is 0 Å². The van der Waals surface area contributed by atoms with Gasteiger partial charge in [-0.1, -0.05) is 30.3 Å². The van der Waals surface area contributed by atoms with Gasteiger partial charge in [0.15, 0.2) is 12.1 Å². The summed E-state index contributed by atoms with van der Waals surface area (Å²) in [7, 11) is 0. The van der Waals surface area contributed by atoms with Gasteiger partial charge in [-0.3, -0.25) is 0 Å². The van der Waals surface area contributed by atoms with Crippen LogP contribution < -0.4 is 4.74 Å². The number of benzene rings is 3. The summed E-state index contributed by atoms with van der Waals surface area (Å²) >= 11 is 0. The van der Waals surface area contributed by atoms with Crippen LogP contribution in [0.15, 0.2) is 66.7 Å². The van der Waals surface area contributed by atoms with Crippen molar-refractivity contribution >= 4 is 11.0 Å². The van der Waals surface area contributed by atoms with E-state index >= 15 is 4.39 Å². The van der Waals surface area contributed by atoms with Crippen LogP contribution >= 0.6 is 0 Å². The summed E-state index contributed by atoms with van der Waals surface area (Å²) in [6.45, 7) is 0.696. The zero-order valence-corrected chi connectivity index (χ0v) is 23.1. The lowest BCUT2D eigenvalue weighted by Crippen LogP contribution is -2.31. The Balaban J connectivity index is 1.23. The molecule has 1 aliphatic rings. The third-order valence-electron chi connectivity index (χ3n) is 7.51. The quantitative estimate of drug-likeness (QED) is 0.141. The molecule has 1 fully saturated rings. The second-order valence-corrected chi connectivity index (χ2v) is 10.4. The predicted molar refractivity (Wildman–Crippen MR) is 149 cm³/mol. The van der Waals surface area contributed by atoms with Crippen molar-refractivity contribution in [1.82, 2.24) is 14.5 Å². The Hall–Kier alpha value is -4.39. The van der Waals surface area contributed by atoms with Gasteiger partial charge in [-0.2, -0.15) is 0 Å². The van der Waals surface area contributed by atoms with E-state index in [1.54, 1.807) is 28.8 Å². The molecule has 1 saturated heterocycles. The van der Waals surface area contributed by atoms with Gasteiger partial charge < -0.3 is 24.3 Å². The van der Waals surface area contributed by atoms with E-state index in [-0.39, 0.29) is 47.2 Å². The molecule has 0 spiro atoms. The van der Waals surface area contributed by atoms with Crippen molar-refractivity contribution in [3.8, 4) is 17.1 Å². The molecule has 3 aromatic carbocycles. The van der Waals surface area contributed by atoms with Gasteiger partial charge in [0.25, 0.3) is 6.43 Å². The van der Waals surface area contributed by atoms with E-state index in [4.69, 9.17) is 9.47 Å². The van der Waals surface area contributed by atoms with E-state index in [0.717, 1.165) is 24.6 Å². The fraction of sp³-hybridized carbons (Fsp3) is 0.250. The van der Waals surface area contributed by atoms with Crippen molar-refractivity contribution in [2.45, 2.75) is 44.8 Å². The highest BCUT2D eigenvalue weighted by molar-refractivity contribution is 5.78. The highest BCUT2D eigenvalue weighted by atomic mass is 19.3. The number of halogens is 5. The maximum atomic E-state index is 15.4. The van der Waals surface area contributed by atoms with Crippen LogP contribution in [0, 0.1) is 17.5 Å². The Kier molecular flexibility index (Phi) is 8.30. The van der Waals surface area contributed by atoms with Gasteiger partial charge >= 0.3 is 0 Å². The first-order valence-electron chi connectivity index (χ1n) is 13.8. The van der Waals surface area contributed by atoms with E-state index in [1.807, 2.05) is 0 Å². The molecule has 0 unspecified atom stereocenters. The van der Waals surface area contributed by atoms with Crippen LogP contribution in [0.5, 0.6) is 5.88 Å². The number of imidazole rings is 1. The molecule has 0 aliphatic carbocycles. The fourth-order valence-corrected chi connectivity index (χ4v) is 5.01. The van der Waals surface area contributed by atoms with Crippen LogP contribution in [0.25, 0.3) is 22.3 Å². The monoisotopic (exact) mass is 611 g/mol. The molecular weight excluding hydrogens is 585 g/mol. The standard InChI is InChI=1S/C32H26F5N3O4/c33-23-10-18(26-2-1-3-29(38-26)44-16-20-7-6-19(31(36)37)11-24(20)34)5-4-17(23)14-28-39-30-25(35)12-21(32(41)42)13-27(30)40(28)15-22-8-9-43-22/h1-7,10-13,22,31-32,41-42H,8-9,14-16H2/t22-/m0/s1. The Labute approximate surface area is 248 Å². The largest absolute Gasteiger partial charge is 0.473 e. The average molecular weight is 612 g/mol. The topological polar surface area (TPSA) is 89.6 Å². The average Bonchev–Trinajstić information content (AvgIpc) is 3.32. The number of hydrogen-bond acceptors (Lipinski definition) is 6. The first-order valence-corrected chi connectivity index (χ1v) is 13.8. The normalized spacial score (nSPS) is 14.9. The number of nitrogens with zero attached hydrogens (tertiary/aromatic N) is 3. The van der Waals surface area contributed by atoms with Crippen LogP contribution in [0.3, 0.4) is 0 Å². The lowest BCUT2D eigenvalue weighted by molar-refractivity contribution is -0.0590. The Morgan fingerprint density at radius 1 is 0.886 bits per heavy atom. The summed E-state index contributed by atoms with van der Waals surface area (Å²) in [5.74, 6) is -1.59. The molecule has 2 aromatic heterocycles. The minimum atomic E-state index is -2.79. The van der Waals surface area contributed by atoms with Crippen molar-refractivity contribution in [1.29, 1.82) is 0 Å². The molecule has 0 saturated carbocycles. The van der Waals surface area contributed by atoms with Crippen LogP contribution in [-0.2, 0) is 24.3 Å². The summed E-state index contributed by atoms with van der Waals surface area (Å²) < 4.78 is 83.0. The highest BCUT2D eigenvalue weighted by Gasteiger charge is 2.24. The molecule has 0 amide bonds. The maximum absolute atomic E-state index is 15.4. The van der Waals surface area contributed by atoms with E-state index in [9.17, 15) is 27.8 Å². The highest BCUT2D eigenvalue weighted by Crippen LogP contribution is 2.29. The van der Waals surface area contributed by atoms with Gasteiger partial charge in [-0.15, -0.1) is 0 Å². The molecule has 44 heavy (non-hydrogen) atoms. The number of aliphatic hydroxyl groups excluding tert-OH is 1. The SMILES string of the molecule is OC(O)c1cc(F)c2nc(Cc3ccc(-c4cccc(OCc5ccc(C(F)F)cc5F)n4)cc3F)n(C[C@@H]3CCO3)c2c1. The summed E-state index contributed by atoms with van der Waals surface area (Å²) in [5, 5.41) is 19.2. The number of aromatic nitrogens is 3. The van der Waals surface area contributed by atoms with Crippen molar-refractivity contribution < 1.29 is 41.6 Å². The van der Waals surface area contributed by atoms with Gasteiger partial charge in [-0.05, 0) is 42.3 Å². The Bertz CT molecular complexity index is 1820. The fourth-order valence-electron chi connectivity index (χ4n) is 5.01. The first kappa shape index (κ1) is 29.7. The third kappa shape index (κ3) is 6.14. The second kappa shape index (κ2) is 12.3. The van der Waals surface area contributed by atoms with Gasteiger partial charge in [0.2, 0.25) is 5.88 Å². The van der Waals surface area contributed by atoms with Crippen LogP contribution in [-0.4, -0.2) is 37.5 Å². The number of rotatable bonds is 10. The first-order chi connectivity index (χ1) is 21.2. The number of pyridine rings is 1. The Morgan fingerprint density at radius 2 is 1.64 bits per heavy atom. The minimum Gasteiger partial charge on any atom is -0.473 e.